The summed E-state index contributed by atoms with van der Waals surface area (Å²) in [6.07, 6.45) is 1.85. The Hall–Kier alpha value is -0.450. The highest BCUT2D eigenvalue weighted by Crippen LogP contribution is 2.45. The summed E-state index contributed by atoms with van der Waals surface area (Å²) in [5.74, 6) is 0.278. The van der Waals surface area contributed by atoms with Crippen molar-refractivity contribution in [3.8, 4) is 0 Å². The third kappa shape index (κ3) is 1.91. The number of Topliss-reactive ketones (excluding diaryl/α,β-unsaturated/α-hetero) is 1. The highest BCUT2D eigenvalue weighted by molar-refractivity contribution is 5.92. The Bertz CT molecular complexity index is 336. The summed E-state index contributed by atoms with van der Waals surface area (Å²) in [4.78, 5) is 14.7. The van der Waals surface area contributed by atoms with Crippen molar-refractivity contribution in [3.05, 3.63) is 0 Å². The third-order valence-electron chi connectivity index (χ3n) is 4.63. The number of methoxy groups -OCH3 is 1. The van der Waals surface area contributed by atoms with Crippen LogP contribution >= 0.6 is 0 Å². The lowest BCUT2D eigenvalue weighted by Gasteiger charge is -2.59. The summed E-state index contributed by atoms with van der Waals surface area (Å²) >= 11 is 0. The van der Waals surface area contributed by atoms with Crippen molar-refractivity contribution < 1.29 is 14.6 Å². The molecule has 3 fully saturated rings. The molecule has 0 spiro atoms. The van der Waals surface area contributed by atoms with Crippen LogP contribution in [-0.4, -0.2) is 54.2 Å². The van der Waals surface area contributed by atoms with Crippen molar-refractivity contribution in [2.45, 2.75) is 45.2 Å². The summed E-state index contributed by atoms with van der Waals surface area (Å²) in [5, 5.41) is 9.81. The second-order valence-corrected chi connectivity index (χ2v) is 6.78. The van der Waals surface area contributed by atoms with Crippen LogP contribution in [0.25, 0.3) is 0 Å². The SMILES string of the molecule is COC[C@@]1(CO)C(=O)[C@H]2CCN1[C@@H](C(C)(C)C)C2. The van der Waals surface area contributed by atoms with Gasteiger partial charge in [0.15, 0.2) is 5.78 Å². The highest BCUT2D eigenvalue weighted by atomic mass is 16.5. The number of ether oxygens (including phenoxy) is 1. The number of nitrogens with zero attached hydrogens (tertiary/aromatic N) is 1. The van der Waals surface area contributed by atoms with Gasteiger partial charge in [0.25, 0.3) is 0 Å². The Morgan fingerprint density at radius 1 is 1.50 bits per heavy atom. The van der Waals surface area contributed by atoms with Gasteiger partial charge in [-0.15, -0.1) is 0 Å². The maximum atomic E-state index is 12.5. The number of piperidine rings is 3. The van der Waals surface area contributed by atoms with Gasteiger partial charge in [-0.05, 0) is 18.3 Å². The van der Waals surface area contributed by atoms with Crippen LogP contribution in [0.15, 0.2) is 0 Å². The first kappa shape index (κ1) is 14.0. The molecule has 18 heavy (non-hydrogen) atoms. The van der Waals surface area contributed by atoms with Gasteiger partial charge in [-0.3, -0.25) is 9.69 Å². The number of carbonyl (C=O) groups excluding carboxylic acids is 1. The summed E-state index contributed by atoms with van der Waals surface area (Å²) in [5.41, 5.74) is -0.679. The highest BCUT2D eigenvalue weighted by Gasteiger charge is 2.58. The lowest BCUT2D eigenvalue weighted by Crippen LogP contribution is -2.73. The number of aliphatic hydroxyl groups excluding tert-OH is 1. The fraction of sp³-hybridized carbons (Fsp3) is 0.929. The van der Waals surface area contributed by atoms with E-state index in [-0.39, 0.29) is 23.7 Å². The van der Waals surface area contributed by atoms with E-state index in [1.807, 2.05) is 0 Å². The van der Waals surface area contributed by atoms with Crippen molar-refractivity contribution in [1.82, 2.24) is 4.90 Å². The Labute approximate surface area is 109 Å². The molecule has 3 aliphatic rings. The van der Waals surface area contributed by atoms with E-state index < -0.39 is 5.54 Å². The predicted molar refractivity (Wildman–Crippen MR) is 69.4 cm³/mol. The first-order valence-electron chi connectivity index (χ1n) is 6.77. The van der Waals surface area contributed by atoms with E-state index in [0.717, 1.165) is 19.4 Å². The number of rotatable bonds is 3. The second-order valence-electron chi connectivity index (χ2n) is 6.78. The minimum absolute atomic E-state index is 0.0986. The zero-order valence-electron chi connectivity index (χ0n) is 11.9. The number of ketones is 1. The zero-order valence-corrected chi connectivity index (χ0v) is 11.9. The Morgan fingerprint density at radius 2 is 2.17 bits per heavy atom. The van der Waals surface area contributed by atoms with E-state index in [0.29, 0.717) is 12.6 Å². The van der Waals surface area contributed by atoms with Crippen LogP contribution in [0.4, 0.5) is 0 Å². The first-order chi connectivity index (χ1) is 8.36. The van der Waals surface area contributed by atoms with Gasteiger partial charge in [-0.2, -0.15) is 0 Å². The van der Waals surface area contributed by atoms with E-state index in [1.165, 1.54) is 0 Å². The average molecular weight is 255 g/mol. The molecule has 0 amide bonds. The maximum Gasteiger partial charge on any atom is 0.161 e. The predicted octanol–water partition coefficient (Wildman–Crippen LogP) is 1.07. The molecular formula is C14H25NO3. The summed E-state index contributed by atoms with van der Waals surface area (Å²) in [6, 6.07) is 0.344. The largest absolute Gasteiger partial charge is 0.394 e. The van der Waals surface area contributed by atoms with Crippen molar-refractivity contribution >= 4 is 5.78 Å². The molecule has 0 aromatic rings. The summed E-state index contributed by atoms with van der Waals surface area (Å²) in [7, 11) is 1.60. The maximum absolute atomic E-state index is 12.5. The fourth-order valence-corrected chi connectivity index (χ4v) is 3.67. The van der Waals surface area contributed by atoms with E-state index in [1.54, 1.807) is 7.11 Å². The molecule has 0 aliphatic carbocycles. The molecule has 3 rings (SSSR count). The molecule has 104 valence electrons. The van der Waals surface area contributed by atoms with Crippen molar-refractivity contribution in [3.63, 3.8) is 0 Å². The number of hydrogen-bond acceptors (Lipinski definition) is 4. The molecule has 3 heterocycles. The zero-order chi connectivity index (χ0) is 13.6. The smallest absolute Gasteiger partial charge is 0.161 e. The molecule has 0 aromatic carbocycles. The van der Waals surface area contributed by atoms with E-state index in [2.05, 4.69) is 25.7 Å². The molecule has 3 saturated heterocycles. The monoisotopic (exact) mass is 255 g/mol. The van der Waals surface area contributed by atoms with Crippen LogP contribution in [0.5, 0.6) is 0 Å². The van der Waals surface area contributed by atoms with Crippen molar-refractivity contribution in [1.29, 1.82) is 0 Å². The van der Waals surface area contributed by atoms with Gasteiger partial charge in [-0.25, -0.2) is 0 Å². The Balaban J connectivity index is 2.37. The fourth-order valence-electron chi connectivity index (χ4n) is 3.67. The van der Waals surface area contributed by atoms with Gasteiger partial charge in [0.2, 0.25) is 0 Å². The van der Waals surface area contributed by atoms with Crippen molar-refractivity contribution in [2.24, 2.45) is 11.3 Å². The van der Waals surface area contributed by atoms with Crippen LogP contribution in [0.1, 0.15) is 33.6 Å². The van der Waals surface area contributed by atoms with Gasteiger partial charge < -0.3 is 9.84 Å². The van der Waals surface area contributed by atoms with Crippen molar-refractivity contribution in [2.75, 3.05) is 26.9 Å². The molecule has 3 aliphatic heterocycles. The quantitative estimate of drug-likeness (QED) is 0.819. The Morgan fingerprint density at radius 3 is 2.67 bits per heavy atom. The van der Waals surface area contributed by atoms with Gasteiger partial charge in [0.1, 0.15) is 5.54 Å². The molecule has 1 unspecified atom stereocenters. The standard InChI is InChI=1S/C14H25NO3/c1-13(2,3)11-7-10-5-6-15(11)14(8-16,9-18-4)12(10)17/h10-11,16H,5-9H2,1-4H3/t10-,11+,14-/m0/s1. The first-order valence-corrected chi connectivity index (χ1v) is 6.77. The lowest BCUT2D eigenvalue weighted by atomic mass is 9.65. The number of fused-ring (bicyclic) bond motifs is 3. The minimum Gasteiger partial charge on any atom is -0.394 e. The third-order valence-corrected chi connectivity index (χ3v) is 4.63. The average Bonchev–Trinajstić information content (AvgIpc) is 2.32. The molecule has 0 radical (unpaired) electrons. The lowest BCUT2D eigenvalue weighted by molar-refractivity contribution is -0.173. The van der Waals surface area contributed by atoms with Crippen LogP contribution in [0, 0.1) is 11.3 Å². The number of aliphatic hydroxyl groups is 1. The molecule has 1 N–H and O–H groups in total. The normalized spacial score (nSPS) is 40.3. The number of hydrogen-bond donors (Lipinski definition) is 1. The van der Waals surface area contributed by atoms with E-state index in [4.69, 9.17) is 4.74 Å². The van der Waals surface area contributed by atoms with Gasteiger partial charge in [-0.1, -0.05) is 20.8 Å². The van der Waals surface area contributed by atoms with Gasteiger partial charge >= 0.3 is 0 Å². The molecule has 2 bridgehead atoms. The molecule has 0 saturated carbocycles. The topological polar surface area (TPSA) is 49.8 Å². The molecule has 4 heteroatoms. The molecule has 4 nitrogen and oxygen atoms in total. The molecular weight excluding hydrogens is 230 g/mol. The minimum atomic E-state index is -0.798. The van der Waals surface area contributed by atoms with E-state index >= 15 is 0 Å². The molecule has 4 atom stereocenters. The van der Waals surface area contributed by atoms with Gasteiger partial charge in [0, 0.05) is 25.6 Å². The van der Waals surface area contributed by atoms with Crippen LogP contribution in [0.2, 0.25) is 0 Å². The number of carbonyl (C=O) groups is 1. The van der Waals surface area contributed by atoms with Crippen LogP contribution in [-0.2, 0) is 9.53 Å². The van der Waals surface area contributed by atoms with Crippen LogP contribution in [0.3, 0.4) is 0 Å². The summed E-state index contributed by atoms with van der Waals surface area (Å²) in [6.45, 7) is 7.67. The Kier molecular flexibility index (Phi) is 3.56. The van der Waals surface area contributed by atoms with E-state index in [9.17, 15) is 9.90 Å². The van der Waals surface area contributed by atoms with Gasteiger partial charge in [0.05, 0.1) is 13.2 Å². The van der Waals surface area contributed by atoms with Crippen LogP contribution < -0.4 is 0 Å². The molecule has 0 aromatic heterocycles. The second kappa shape index (κ2) is 4.58. The summed E-state index contributed by atoms with van der Waals surface area (Å²) < 4.78 is 5.24.